The van der Waals surface area contributed by atoms with Gasteiger partial charge in [-0.2, -0.15) is 0 Å². The molecule has 0 heterocycles. The summed E-state index contributed by atoms with van der Waals surface area (Å²) in [6.45, 7) is 1.15. The van der Waals surface area contributed by atoms with Gasteiger partial charge >= 0.3 is 12.1 Å². The molecule has 114 valence electrons. The van der Waals surface area contributed by atoms with E-state index in [9.17, 15) is 9.59 Å². The van der Waals surface area contributed by atoms with Crippen molar-refractivity contribution < 1.29 is 9.59 Å². The zero-order valence-electron chi connectivity index (χ0n) is 12.2. The maximum absolute atomic E-state index is 11.7. The first kappa shape index (κ1) is 16.6. The van der Waals surface area contributed by atoms with E-state index in [-0.39, 0.29) is 12.1 Å². The minimum atomic E-state index is -0.233. The van der Waals surface area contributed by atoms with Gasteiger partial charge in [0.15, 0.2) is 0 Å². The van der Waals surface area contributed by atoms with E-state index >= 15 is 0 Å². The minimum absolute atomic E-state index is 0.189. The number of rotatable bonds is 6. The van der Waals surface area contributed by atoms with Crippen LogP contribution in [0, 0.1) is 0 Å². The van der Waals surface area contributed by atoms with Crippen LogP contribution in [0.3, 0.4) is 0 Å². The summed E-state index contributed by atoms with van der Waals surface area (Å²) < 4.78 is 0. The van der Waals surface area contributed by atoms with Gasteiger partial charge in [-0.3, -0.25) is 0 Å². The van der Waals surface area contributed by atoms with Crippen molar-refractivity contribution in [3.63, 3.8) is 0 Å². The Hall–Kier alpha value is -2.50. The number of amides is 4. The molecule has 0 saturated heterocycles. The van der Waals surface area contributed by atoms with Crippen molar-refractivity contribution in [3.8, 4) is 0 Å². The molecular weight excluding hydrogens is 268 g/mol. The highest BCUT2D eigenvalue weighted by Gasteiger charge is 2.01. The molecular formula is C15H22N4O2. The number of hydrogen-bond acceptors (Lipinski definition) is 2. The first-order valence-electron chi connectivity index (χ1n) is 6.94. The molecule has 1 aliphatic rings. The summed E-state index contributed by atoms with van der Waals surface area (Å²) in [5.41, 5.74) is 0.731. The van der Waals surface area contributed by atoms with Crippen LogP contribution in [0.4, 0.5) is 9.59 Å². The lowest BCUT2D eigenvalue weighted by Crippen LogP contribution is -2.36. The largest absolute Gasteiger partial charge is 0.341 e. The lowest BCUT2D eigenvalue weighted by Gasteiger charge is -2.08. The van der Waals surface area contributed by atoms with Crippen molar-refractivity contribution >= 4 is 12.1 Å². The van der Waals surface area contributed by atoms with Crippen LogP contribution in [0.25, 0.3) is 0 Å². The third-order valence-electron chi connectivity index (χ3n) is 2.66. The fourth-order valence-electron chi connectivity index (χ4n) is 1.57. The smallest absolute Gasteiger partial charge is 0.319 e. The molecule has 0 aromatic heterocycles. The van der Waals surface area contributed by atoms with Crippen molar-refractivity contribution in [3.05, 3.63) is 48.2 Å². The molecule has 0 radical (unpaired) electrons. The van der Waals surface area contributed by atoms with E-state index in [0.29, 0.717) is 13.1 Å². The second-order valence-electron chi connectivity index (χ2n) is 4.34. The molecule has 4 amide bonds. The van der Waals surface area contributed by atoms with Crippen LogP contribution in [0.2, 0.25) is 0 Å². The van der Waals surface area contributed by atoms with Crippen LogP contribution in [0.15, 0.2) is 48.2 Å². The highest BCUT2D eigenvalue weighted by molar-refractivity contribution is 5.76. The molecule has 6 heteroatoms. The first-order valence-corrected chi connectivity index (χ1v) is 6.94. The highest BCUT2D eigenvalue weighted by atomic mass is 16.2. The number of allylic oxidation sites excluding steroid dienone is 7. The van der Waals surface area contributed by atoms with E-state index in [1.54, 1.807) is 7.05 Å². The van der Waals surface area contributed by atoms with Gasteiger partial charge in [-0.1, -0.05) is 30.4 Å². The Morgan fingerprint density at radius 3 is 2.24 bits per heavy atom. The zero-order chi connectivity index (χ0) is 15.3. The maximum Gasteiger partial charge on any atom is 0.319 e. The van der Waals surface area contributed by atoms with Gasteiger partial charge in [0.25, 0.3) is 0 Å². The second-order valence-corrected chi connectivity index (χ2v) is 4.34. The fraction of sp³-hybridized carbons (Fsp3) is 0.333. The predicted octanol–water partition coefficient (Wildman–Crippen LogP) is 1.56. The number of carbonyl (C=O) groups excluding carboxylic acids is 2. The van der Waals surface area contributed by atoms with E-state index < -0.39 is 0 Å². The van der Waals surface area contributed by atoms with E-state index in [1.807, 2.05) is 42.5 Å². The number of unbranched alkanes of at least 4 members (excludes halogenated alkanes) is 1. The topological polar surface area (TPSA) is 82.3 Å². The molecule has 0 atom stereocenters. The summed E-state index contributed by atoms with van der Waals surface area (Å²) in [5.74, 6) is 0. The first-order chi connectivity index (χ1) is 10.2. The molecule has 21 heavy (non-hydrogen) atoms. The van der Waals surface area contributed by atoms with Crippen LogP contribution in [0.1, 0.15) is 12.8 Å². The lowest BCUT2D eigenvalue weighted by atomic mass is 10.2. The Morgan fingerprint density at radius 2 is 1.52 bits per heavy atom. The van der Waals surface area contributed by atoms with Crippen molar-refractivity contribution in [2.24, 2.45) is 0 Å². The summed E-state index contributed by atoms with van der Waals surface area (Å²) in [6.07, 6.45) is 14.7. The summed E-state index contributed by atoms with van der Waals surface area (Å²) in [4.78, 5) is 22.6. The third-order valence-corrected chi connectivity index (χ3v) is 2.66. The summed E-state index contributed by atoms with van der Waals surface area (Å²) in [7, 11) is 1.57. The molecule has 0 saturated carbocycles. The van der Waals surface area contributed by atoms with Crippen LogP contribution in [-0.2, 0) is 0 Å². The van der Waals surface area contributed by atoms with Crippen LogP contribution in [-0.4, -0.2) is 32.2 Å². The average molecular weight is 290 g/mol. The monoisotopic (exact) mass is 290 g/mol. The van der Waals surface area contributed by atoms with Gasteiger partial charge < -0.3 is 21.3 Å². The van der Waals surface area contributed by atoms with Crippen molar-refractivity contribution in [2.75, 3.05) is 20.1 Å². The van der Waals surface area contributed by atoms with Crippen molar-refractivity contribution in [1.29, 1.82) is 0 Å². The molecule has 0 aromatic rings. The van der Waals surface area contributed by atoms with Crippen molar-refractivity contribution in [1.82, 2.24) is 21.3 Å². The van der Waals surface area contributed by atoms with Crippen LogP contribution < -0.4 is 21.3 Å². The van der Waals surface area contributed by atoms with Crippen molar-refractivity contribution in [2.45, 2.75) is 12.8 Å². The van der Waals surface area contributed by atoms with Gasteiger partial charge in [0, 0.05) is 25.8 Å². The Labute approximate surface area is 125 Å². The third kappa shape index (κ3) is 8.30. The number of urea groups is 2. The summed E-state index contributed by atoms with van der Waals surface area (Å²) >= 11 is 0. The Bertz CT molecular complexity index is 464. The Kier molecular flexibility index (Phi) is 8.12. The predicted molar refractivity (Wildman–Crippen MR) is 83.7 cm³/mol. The van der Waals surface area contributed by atoms with E-state index in [4.69, 9.17) is 0 Å². The number of carbonyl (C=O) groups is 2. The van der Waals surface area contributed by atoms with E-state index in [2.05, 4.69) is 21.3 Å². The molecule has 4 N–H and O–H groups in total. The highest BCUT2D eigenvalue weighted by Crippen LogP contribution is 1.97. The average Bonchev–Trinajstić information content (AvgIpc) is 2.45. The lowest BCUT2D eigenvalue weighted by molar-refractivity contribution is 0.241. The van der Waals surface area contributed by atoms with Gasteiger partial charge in [-0.25, -0.2) is 9.59 Å². The fourth-order valence-corrected chi connectivity index (χ4v) is 1.57. The second kappa shape index (κ2) is 10.3. The molecule has 6 nitrogen and oxygen atoms in total. The van der Waals surface area contributed by atoms with Gasteiger partial charge in [-0.15, -0.1) is 0 Å². The normalized spacial score (nSPS) is 12.9. The van der Waals surface area contributed by atoms with E-state index in [0.717, 1.165) is 18.5 Å². The molecule has 0 aliphatic heterocycles. The van der Waals surface area contributed by atoms with E-state index in [1.165, 1.54) is 0 Å². The maximum atomic E-state index is 11.7. The molecule has 0 bridgehead atoms. The zero-order valence-corrected chi connectivity index (χ0v) is 12.2. The van der Waals surface area contributed by atoms with Crippen LogP contribution in [0.5, 0.6) is 0 Å². The molecule has 0 fully saturated rings. The standard InChI is InChI=1S/C15H22N4O2/c1-16-14(20)17-11-7-8-12-18-15(21)19-13-9-5-3-2-4-6-10-13/h2-6,9-10H,7-8,11-12H2,1H3,(H2,16,17,20)(H2,18,19,21). The molecule has 0 aromatic carbocycles. The van der Waals surface area contributed by atoms with Gasteiger partial charge in [0.05, 0.1) is 0 Å². The minimum Gasteiger partial charge on any atom is -0.341 e. The van der Waals surface area contributed by atoms with Gasteiger partial charge in [0.2, 0.25) is 0 Å². The molecule has 1 aliphatic carbocycles. The van der Waals surface area contributed by atoms with Gasteiger partial charge in [0.1, 0.15) is 0 Å². The molecule has 0 unspecified atom stereocenters. The number of hydrogen-bond donors (Lipinski definition) is 4. The SMILES string of the molecule is CNC(=O)NCCCCNC(=O)NC1=CC=CC=CC=C1. The number of nitrogens with one attached hydrogen (secondary N) is 4. The van der Waals surface area contributed by atoms with Crippen LogP contribution >= 0.6 is 0 Å². The summed E-state index contributed by atoms with van der Waals surface area (Å²) in [6, 6.07) is -0.422. The van der Waals surface area contributed by atoms with Gasteiger partial charge in [-0.05, 0) is 25.0 Å². The Morgan fingerprint density at radius 1 is 0.905 bits per heavy atom. The molecule has 1 rings (SSSR count). The molecule has 0 spiro atoms. The Balaban J connectivity index is 2.12. The summed E-state index contributed by atoms with van der Waals surface area (Å²) in [5, 5.41) is 10.7. The quantitative estimate of drug-likeness (QED) is 0.560.